The van der Waals surface area contributed by atoms with Gasteiger partial charge in [-0.15, -0.1) is 9.24 Å². The number of hydrogen-bond donors (Lipinski definition) is 2. The number of nitrogens with zero attached hydrogens (tertiary/aromatic N) is 1. The fourth-order valence-corrected chi connectivity index (χ4v) is 7.69. The van der Waals surface area contributed by atoms with Crippen LogP contribution in [0.1, 0.15) is 61.3 Å². The third-order valence-corrected chi connectivity index (χ3v) is 10.9. The monoisotopic (exact) mass is 657 g/mol. The molecule has 10 heteroatoms. The van der Waals surface area contributed by atoms with Crippen molar-refractivity contribution < 1.29 is 19.1 Å². The molecule has 0 aromatic heterocycles. The SMILES string of the molecule is [B]C1CC(NC2CC(C(=O)N(I)C34CC(NC(=O)COc5ccc(C)c(P)c5)(C3)C4)Oc3ccc(C)cc32)C1. The van der Waals surface area contributed by atoms with Crippen molar-refractivity contribution >= 4 is 57.1 Å². The standard InChI is InChI=1S/C29H34BIN3O4P/c1-16-3-6-23-21(7-16)22(32-19-8-18(30)9-19)11-24(38-23)27(36)34(31)29-13-28(14-29,15-29)33-26(35)12-37-20-5-4-17(2)25(39)10-20/h3-7,10,18-19,22,24,32H,8-9,11-15,39H2,1-2H3,(H,33,35). The number of nitrogens with one attached hydrogen (secondary N) is 2. The Balaban J connectivity index is 1.04. The molecule has 2 bridgehead atoms. The Labute approximate surface area is 247 Å². The summed E-state index contributed by atoms with van der Waals surface area (Å²) >= 11 is 2.16. The average Bonchev–Trinajstić information content (AvgIpc) is 2.84. The van der Waals surface area contributed by atoms with E-state index in [0.717, 1.165) is 54.3 Å². The number of hydrogen-bond acceptors (Lipinski definition) is 5. The largest absolute Gasteiger partial charge is 0.484 e. The van der Waals surface area contributed by atoms with Gasteiger partial charge in [-0.1, -0.05) is 29.6 Å². The van der Waals surface area contributed by atoms with Crippen molar-refractivity contribution in [3.63, 3.8) is 0 Å². The maximum atomic E-state index is 13.7. The highest BCUT2D eigenvalue weighted by molar-refractivity contribution is 14.1. The Morgan fingerprint density at radius 3 is 2.59 bits per heavy atom. The second kappa shape index (κ2) is 10.2. The van der Waals surface area contributed by atoms with Crippen LogP contribution in [0.5, 0.6) is 11.5 Å². The summed E-state index contributed by atoms with van der Waals surface area (Å²) in [6, 6.07) is 12.4. The molecule has 2 aromatic carbocycles. The van der Waals surface area contributed by atoms with Crippen molar-refractivity contribution in [3.8, 4) is 11.5 Å². The number of halogens is 1. The van der Waals surface area contributed by atoms with E-state index in [2.05, 4.69) is 55.7 Å². The number of ether oxygens (including phenoxy) is 2. The first kappa shape index (κ1) is 27.3. The van der Waals surface area contributed by atoms with E-state index >= 15 is 0 Å². The molecule has 3 atom stereocenters. The lowest BCUT2D eigenvalue weighted by atomic mass is 9.44. The number of carbonyl (C=O) groups excluding carboxylic acids is 2. The smallest absolute Gasteiger partial charge is 0.272 e. The van der Waals surface area contributed by atoms with Crippen LogP contribution in [0.4, 0.5) is 0 Å². The Morgan fingerprint density at radius 1 is 1.15 bits per heavy atom. The van der Waals surface area contributed by atoms with Crippen molar-refractivity contribution in [3.05, 3.63) is 53.1 Å². The van der Waals surface area contributed by atoms with Crippen LogP contribution in [0.25, 0.3) is 0 Å². The zero-order valence-electron chi connectivity index (χ0n) is 22.3. The van der Waals surface area contributed by atoms with E-state index in [1.807, 2.05) is 40.4 Å². The van der Waals surface area contributed by atoms with Crippen molar-refractivity contribution in [1.82, 2.24) is 13.7 Å². The van der Waals surface area contributed by atoms with Gasteiger partial charge in [0, 0.05) is 29.6 Å². The third kappa shape index (κ3) is 5.19. The first-order valence-corrected chi connectivity index (χ1v) is 15.2. The van der Waals surface area contributed by atoms with Crippen molar-refractivity contribution in [1.29, 1.82) is 0 Å². The van der Waals surface area contributed by atoms with Gasteiger partial charge in [0.05, 0.1) is 36.2 Å². The predicted octanol–water partition coefficient (Wildman–Crippen LogP) is 3.75. The van der Waals surface area contributed by atoms with Crippen LogP contribution in [0.2, 0.25) is 5.82 Å². The summed E-state index contributed by atoms with van der Waals surface area (Å²) in [6.45, 7) is 4.08. The van der Waals surface area contributed by atoms with Gasteiger partial charge in [0.2, 0.25) is 0 Å². The molecule has 204 valence electrons. The normalized spacial score (nSPS) is 31.9. The van der Waals surface area contributed by atoms with Crippen molar-refractivity contribution in [2.45, 2.75) is 87.5 Å². The van der Waals surface area contributed by atoms with E-state index in [-0.39, 0.29) is 41.4 Å². The van der Waals surface area contributed by atoms with E-state index in [1.54, 1.807) is 0 Å². The number of amides is 2. The lowest BCUT2D eigenvalue weighted by molar-refractivity contribution is -0.171. The van der Waals surface area contributed by atoms with Crippen LogP contribution in [-0.4, -0.2) is 52.6 Å². The fraction of sp³-hybridized carbons (Fsp3) is 0.517. The van der Waals surface area contributed by atoms with Crippen LogP contribution in [0, 0.1) is 13.8 Å². The molecule has 2 N–H and O–H groups in total. The molecule has 1 heterocycles. The van der Waals surface area contributed by atoms with Gasteiger partial charge in [-0.3, -0.25) is 12.7 Å². The molecule has 2 amide bonds. The van der Waals surface area contributed by atoms with Crippen molar-refractivity contribution in [2.75, 3.05) is 6.61 Å². The lowest BCUT2D eigenvalue weighted by Crippen LogP contribution is -2.83. The number of rotatable bonds is 8. The van der Waals surface area contributed by atoms with Gasteiger partial charge < -0.3 is 20.1 Å². The van der Waals surface area contributed by atoms with Gasteiger partial charge in [0.25, 0.3) is 11.8 Å². The van der Waals surface area contributed by atoms with Crippen LogP contribution < -0.4 is 25.4 Å². The molecule has 4 aliphatic carbocycles. The van der Waals surface area contributed by atoms with Gasteiger partial charge in [-0.2, -0.15) is 0 Å². The first-order chi connectivity index (χ1) is 18.5. The molecular formula is C29H34BIN3O4P. The maximum Gasteiger partial charge on any atom is 0.272 e. The highest BCUT2D eigenvalue weighted by atomic mass is 127. The Bertz CT molecular complexity index is 1300. The zero-order valence-corrected chi connectivity index (χ0v) is 25.6. The Hall–Kier alpha value is -1.84. The molecule has 7 rings (SSSR count). The predicted molar refractivity (Wildman–Crippen MR) is 163 cm³/mol. The fourth-order valence-electron chi connectivity index (χ4n) is 6.61. The van der Waals surface area contributed by atoms with Gasteiger partial charge in [0.15, 0.2) is 12.7 Å². The summed E-state index contributed by atoms with van der Waals surface area (Å²) in [5, 5.41) is 7.94. The minimum Gasteiger partial charge on any atom is -0.484 e. The molecule has 4 fully saturated rings. The van der Waals surface area contributed by atoms with Crippen LogP contribution >= 0.6 is 32.1 Å². The van der Waals surface area contributed by atoms with E-state index in [9.17, 15) is 9.59 Å². The zero-order chi connectivity index (χ0) is 27.5. The highest BCUT2D eigenvalue weighted by Gasteiger charge is 2.72. The lowest BCUT2D eigenvalue weighted by Gasteiger charge is -2.72. The van der Waals surface area contributed by atoms with E-state index in [1.165, 1.54) is 5.56 Å². The molecule has 7 nitrogen and oxygen atoms in total. The van der Waals surface area contributed by atoms with Crippen LogP contribution in [-0.2, 0) is 9.59 Å². The first-order valence-electron chi connectivity index (χ1n) is 13.6. The molecule has 0 saturated heterocycles. The Kier molecular flexibility index (Phi) is 7.16. The van der Waals surface area contributed by atoms with Crippen molar-refractivity contribution in [2.24, 2.45) is 0 Å². The van der Waals surface area contributed by atoms with E-state index in [0.29, 0.717) is 18.2 Å². The summed E-state index contributed by atoms with van der Waals surface area (Å²) in [5.41, 5.74) is 2.98. The molecular weight excluding hydrogens is 623 g/mol. The molecule has 4 saturated carbocycles. The average molecular weight is 657 g/mol. The van der Waals surface area contributed by atoms with E-state index < -0.39 is 6.10 Å². The number of carbonyl (C=O) groups is 2. The molecule has 3 unspecified atom stereocenters. The third-order valence-electron chi connectivity index (χ3n) is 8.78. The number of aryl methyl sites for hydroxylation is 2. The summed E-state index contributed by atoms with van der Waals surface area (Å²) in [6.07, 6.45) is 4.22. The molecule has 39 heavy (non-hydrogen) atoms. The summed E-state index contributed by atoms with van der Waals surface area (Å²) < 4.78 is 13.8. The minimum atomic E-state index is -0.549. The molecule has 0 spiro atoms. The van der Waals surface area contributed by atoms with Gasteiger partial charge in [-0.05, 0) is 75.0 Å². The summed E-state index contributed by atoms with van der Waals surface area (Å²) in [5.74, 6) is 1.58. The maximum absolute atomic E-state index is 13.7. The summed E-state index contributed by atoms with van der Waals surface area (Å²) in [7, 11) is 8.69. The van der Waals surface area contributed by atoms with Gasteiger partial charge >= 0.3 is 0 Å². The second-order valence-corrected chi connectivity index (χ2v) is 13.6. The van der Waals surface area contributed by atoms with E-state index in [4.69, 9.17) is 17.3 Å². The van der Waals surface area contributed by atoms with Gasteiger partial charge in [0.1, 0.15) is 11.5 Å². The summed E-state index contributed by atoms with van der Waals surface area (Å²) in [4.78, 5) is 26.3. The molecule has 2 radical (unpaired) electrons. The molecule has 1 aliphatic heterocycles. The number of benzene rings is 2. The molecule has 5 aliphatic rings. The second-order valence-electron chi connectivity index (χ2n) is 12.0. The minimum absolute atomic E-state index is 0.00509. The highest BCUT2D eigenvalue weighted by Crippen LogP contribution is 2.64. The van der Waals surface area contributed by atoms with Crippen LogP contribution in [0.15, 0.2) is 36.4 Å². The quantitative estimate of drug-likeness (QED) is 0.196. The topological polar surface area (TPSA) is 79.9 Å². The molecule has 2 aromatic rings. The van der Waals surface area contributed by atoms with Gasteiger partial charge in [-0.25, -0.2) is 0 Å². The Morgan fingerprint density at radius 2 is 1.90 bits per heavy atom. The van der Waals surface area contributed by atoms with Crippen LogP contribution in [0.3, 0.4) is 0 Å². The number of fused-ring (bicyclic) bond motifs is 1.